The first kappa shape index (κ1) is 20.2. The highest BCUT2D eigenvalue weighted by Crippen LogP contribution is 2.32. The SMILES string of the molecule is Cl.N#Cc1ccc(Cl)c(-c2ccc3[nH]nc(NC(=O)C4CCCNC4)c3c2)c1. The van der Waals surface area contributed by atoms with Crippen molar-refractivity contribution in [1.82, 2.24) is 15.5 Å². The summed E-state index contributed by atoms with van der Waals surface area (Å²) >= 11 is 6.33. The number of hydrogen-bond donors (Lipinski definition) is 3. The average molecular weight is 416 g/mol. The molecule has 1 unspecified atom stereocenters. The predicted octanol–water partition coefficient (Wildman–Crippen LogP) is 4.11. The summed E-state index contributed by atoms with van der Waals surface area (Å²) in [6, 6.07) is 13.0. The zero-order valence-electron chi connectivity index (χ0n) is 15.0. The van der Waals surface area contributed by atoms with Crippen molar-refractivity contribution in [3.05, 3.63) is 47.0 Å². The second kappa shape index (κ2) is 8.61. The van der Waals surface area contributed by atoms with Crippen LogP contribution in [0, 0.1) is 17.2 Å². The van der Waals surface area contributed by atoms with Crippen LogP contribution in [-0.2, 0) is 4.79 Å². The van der Waals surface area contributed by atoms with Crippen molar-refractivity contribution in [2.75, 3.05) is 18.4 Å². The second-order valence-corrected chi connectivity index (χ2v) is 7.08. The van der Waals surface area contributed by atoms with E-state index in [1.807, 2.05) is 18.2 Å². The number of carbonyl (C=O) groups excluding carboxylic acids is 1. The number of aromatic amines is 1. The van der Waals surface area contributed by atoms with Gasteiger partial charge in [-0.15, -0.1) is 12.4 Å². The number of benzene rings is 2. The standard InChI is InChI=1S/C20H18ClN5O.ClH/c21-17-5-3-12(10-22)8-15(17)13-4-6-18-16(9-13)19(26-25-18)24-20(27)14-2-1-7-23-11-14;/h3-6,8-9,14,23H,1-2,7,11H2,(H2,24,25,26,27);1H. The maximum atomic E-state index is 12.5. The average Bonchev–Trinajstić information content (AvgIpc) is 3.11. The number of carbonyl (C=O) groups is 1. The van der Waals surface area contributed by atoms with Crippen LogP contribution in [-0.4, -0.2) is 29.2 Å². The lowest BCUT2D eigenvalue weighted by molar-refractivity contribution is -0.120. The van der Waals surface area contributed by atoms with Gasteiger partial charge in [0.05, 0.1) is 23.1 Å². The second-order valence-electron chi connectivity index (χ2n) is 6.67. The van der Waals surface area contributed by atoms with Gasteiger partial charge in [0.15, 0.2) is 5.82 Å². The van der Waals surface area contributed by atoms with E-state index in [0.717, 1.165) is 41.4 Å². The van der Waals surface area contributed by atoms with Gasteiger partial charge >= 0.3 is 0 Å². The maximum Gasteiger partial charge on any atom is 0.229 e. The monoisotopic (exact) mass is 415 g/mol. The normalized spacial score (nSPS) is 16.2. The molecule has 2 aromatic carbocycles. The summed E-state index contributed by atoms with van der Waals surface area (Å²) in [5.74, 6) is 0.441. The zero-order valence-corrected chi connectivity index (χ0v) is 16.5. The Bertz CT molecular complexity index is 1050. The minimum absolute atomic E-state index is 0. The summed E-state index contributed by atoms with van der Waals surface area (Å²) in [7, 11) is 0. The van der Waals surface area contributed by atoms with Crippen LogP contribution >= 0.6 is 24.0 Å². The van der Waals surface area contributed by atoms with Crippen molar-refractivity contribution in [1.29, 1.82) is 5.26 Å². The fourth-order valence-electron chi connectivity index (χ4n) is 3.39. The summed E-state index contributed by atoms with van der Waals surface area (Å²) in [5.41, 5.74) is 3.00. The summed E-state index contributed by atoms with van der Waals surface area (Å²) in [4.78, 5) is 12.5. The third kappa shape index (κ3) is 3.97. The van der Waals surface area contributed by atoms with Crippen LogP contribution in [0.4, 0.5) is 5.82 Å². The van der Waals surface area contributed by atoms with Crippen LogP contribution in [0.15, 0.2) is 36.4 Å². The number of nitrogens with zero attached hydrogens (tertiary/aromatic N) is 2. The van der Waals surface area contributed by atoms with Gasteiger partial charge in [0, 0.05) is 22.5 Å². The molecule has 1 aliphatic heterocycles. The van der Waals surface area contributed by atoms with E-state index in [-0.39, 0.29) is 24.2 Å². The van der Waals surface area contributed by atoms with Crippen molar-refractivity contribution < 1.29 is 4.79 Å². The van der Waals surface area contributed by atoms with Crippen LogP contribution in [0.25, 0.3) is 22.0 Å². The number of aromatic nitrogens is 2. The van der Waals surface area contributed by atoms with Crippen molar-refractivity contribution in [2.24, 2.45) is 5.92 Å². The zero-order chi connectivity index (χ0) is 18.8. The molecule has 0 radical (unpaired) electrons. The topological polar surface area (TPSA) is 93.6 Å². The maximum absolute atomic E-state index is 12.5. The van der Waals surface area contributed by atoms with Crippen LogP contribution in [0.2, 0.25) is 5.02 Å². The van der Waals surface area contributed by atoms with Gasteiger partial charge < -0.3 is 10.6 Å². The molecular weight excluding hydrogens is 397 g/mol. The number of rotatable bonds is 3. The highest BCUT2D eigenvalue weighted by molar-refractivity contribution is 6.33. The molecule has 4 rings (SSSR count). The molecule has 0 aliphatic carbocycles. The first-order chi connectivity index (χ1) is 13.2. The third-order valence-electron chi connectivity index (χ3n) is 4.88. The van der Waals surface area contributed by atoms with Crippen molar-refractivity contribution in [3.8, 4) is 17.2 Å². The highest BCUT2D eigenvalue weighted by Gasteiger charge is 2.22. The van der Waals surface area contributed by atoms with E-state index < -0.39 is 0 Å². The van der Waals surface area contributed by atoms with Crippen LogP contribution in [0.5, 0.6) is 0 Å². The van der Waals surface area contributed by atoms with Gasteiger partial charge in [-0.3, -0.25) is 9.89 Å². The molecule has 1 saturated heterocycles. The lowest BCUT2D eigenvalue weighted by Gasteiger charge is -2.21. The molecule has 0 spiro atoms. The first-order valence-corrected chi connectivity index (χ1v) is 9.23. The molecule has 6 nitrogen and oxygen atoms in total. The minimum atomic E-state index is -0.0459. The molecule has 144 valence electrons. The quantitative estimate of drug-likeness (QED) is 0.599. The number of hydrogen-bond acceptors (Lipinski definition) is 4. The van der Waals surface area contributed by atoms with Gasteiger partial charge in [-0.05, 0) is 55.3 Å². The van der Waals surface area contributed by atoms with E-state index >= 15 is 0 Å². The Morgan fingerprint density at radius 3 is 2.89 bits per heavy atom. The summed E-state index contributed by atoms with van der Waals surface area (Å²) < 4.78 is 0. The number of anilines is 1. The van der Waals surface area contributed by atoms with E-state index in [2.05, 4.69) is 26.9 Å². The Morgan fingerprint density at radius 2 is 2.14 bits per heavy atom. The number of nitriles is 1. The number of piperidine rings is 1. The molecule has 28 heavy (non-hydrogen) atoms. The van der Waals surface area contributed by atoms with Crippen LogP contribution in [0.3, 0.4) is 0 Å². The predicted molar refractivity (Wildman–Crippen MR) is 113 cm³/mol. The molecule has 1 aromatic heterocycles. The molecule has 3 N–H and O–H groups in total. The fraction of sp³-hybridized carbons (Fsp3) is 0.250. The number of halogens is 2. The Hall–Kier alpha value is -2.59. The van der Waals surface area contributed by atoms with Crippen LogP contribution < -0.4 is 10.6 Å². The summed E-state index contributed by atoms with van der Waals surface area (Å²) in [6.07, 6.45) is 1.88. The lowest BCUT2D eigenvalue weighted by Crippen LogP contribution is -2.37. The largest absolute Gasteiger partial charge is 0.316 e. The molecule has 1 atom stereocenters. The first-order valence-electron chi connectivity index (χ1n) is 8.85. The van der Waals surface area contributed by atoms with Crippen molar-refractivity contribution in [3.63, 3.8) is 0 Å². The molecule has 1 fully saturated rings. The van der Waals surface area contributed by atoms with Crippen LogP contribution in [0.1, 0.15) is 18.4 Å². The third-order valence-corrected chi connectivity index (χ3v) is 5.21. The molecule has 3 aromatic rings. The van der Waals surface area contributed by atoms with Gasteiger partial charge in [-0.25, -0.2) is 0 Å². The van der Waals surface area contributed by atoms with E-state index in [0.29, 0.717) is 22.9 Å². The molecular formula is C20H19Cl2N5O. The number of fused-ring (bicyclic) bond motifs is 1. The molecule has 8 heteroatoms. The van der Waals surface area contributed by atoms with Gasteiger partial charge in [0.25, 0.3) is 0 Å². The van der Waals surface area contributed by atoms with Gasteiger partial charge in [0.2, 0.25) is 5.91 Å². The Kier molecular flexibility index (Phi) is 6.20. The van der Waals surface area contributed by atoms with Gasteiger partial charge in [0.1, 0.15) is 0 Å². The van der Waals surface area contributed by atoms with E-state index in [9.17, 15) is 4.79 Å². The Balaban J connectivity index is 0.00000225. The van der Waals surface area contributed by atoms with Gasteiger partial charge in [-0.1, -0.05) is 17.7 Å². The molecule has 2 heterocycles. The molecule has 1 amide bonds. The van der Waals surface area contributed by atoms with Crippen molar-refractivity contribution >= 4 is 46.6 Å². The molecule has 0 bridgehead atoms. The minimum Gasteiger partial charge on any atom is -0.316 e. The Labute approximate surface area is 173 Å². The lowest BCUT2D eigenvalue weighted by atomic mass is 9.98. The summed E-state index contributed by atoms with van der Waals surface area (Å²) in [5, 5.41) is 23.9. The van der Waals surface area contributed by atoms with E-state index in [1.54, 1.807) is 18.2 Å². The summed E-state index contributed by atoms with van der Waals surface area (Å²) in [6.45, 7) is 1.65. The number of H-pyrrole nitrogens is 1. The number of amides is 1. The molecule has 1 aliphatic rings. The smallest absolute Gasteiger partial charge is 0.229 e. The number of nitrogens with one attached hydrogen (secondary N) is 3. The fourth-order valence-corrected chi connectivity index (χ4v) is 3.61. The Morgan fingerprint density at radius 1 is 1.29 bits per heavy atom. The van der Waals surface area contributed by atoms with Crippen molar-refractivity contribution in [2.45, 2.75) is 12.8 Å². The molecule has 0 saturated carbocycles. The van der Waals surface area contributed by atoms with E-state index in [4.69, 9.17) is 16.9 Å². The highest BCUT2D eigenvalue weighted by atomic mass is 35.5. The van der Waals surface area contributed by atoms with Gasteiger partial charge in [-0.2, -0.15) is 10.4 Å². The van der Waals surface area contributed by atoms with E-state index in [1.165, 1.54) is 0 Å².